The van der Waals surface area contributed by atoms with Crippen LogP contribution in [-0.4, -0.2) is 32.3 Å². The van der Waals surface area contributed by atoms with E-state index in [0.29, 0.717) is 12.0 Å². The molecule has 1 fully saturated rings. The first-order chi connectivity index (χ1) is 13.7. The summed E-state index contributed by atoms with van der Waals surface area (Å²) in [5.74, 6) is 1.84. The Bertz CT molecular complexity index is 725. The molecule has 1 saturated carbocycles. The molecule has 0 bridgehead atoms. The molecule has 0 aliphatic heterocycles. The number of furan rings is 1. The molecule has 6 heteroatoms. The van der Waals surface area contributed by atoms with Crippen LogP contribution in [0.15, 0.2) is 56.5 Å². The number of benzene rings is 1. The minimum absolute atomic E-state index is 0.371. The highest BCUT2D eigenvalue weighted by molar-refractivity contribution is 9.10. The van der Waals surface area contributed by atoms with E-state index in [1.807, 2.05) is 19.1 Å². The Hall–Kier alpha value is -1.79. The summed E-state index contributed by atoms with van der Waals surface area (Å²) in [5, 5.41) is 7.00. The Kier molecular flexibility index (Phi) is 7.98. The van der Waals surface area contributed by atoms with Crippen molar-refractivity contribution in [3.05, 3.63) is 58.5 Å². The average Bonchev–Trinajstić information content (AvgIpc) is 3.27. The smallest absolute Gasteiger partial charge is 0.191 e. The van der Waals surface area contributed by atoms with E-state index in [0.717, 1.165) is 55.3 Å². The monoisotopic (exact) mass is 447 g/mol. The van der Waals surface area contributed by atoms with E-state index in [4.69, 9.17) is 14.1 Å². The molecule has 152 valence electrons. The van der Waals surface area contributed by atoms with Crippen LogP contribution in [0.5, 0.6) is 0 Å². The van der Waals surface area contributed by atoms with Crippen molar-refractivity contribution in [3.63, 3.8) is 0 Å². The predicted molar refractivity (Wildman–Crippen MR) is 116 cm³/mol. The van der Waals surface area contributed by atoms with Gasteiger partial charge in [-0.25, -0.2) is 4.99 Å². The predicted octanol–water partition coefficient (Wildman–Crippen LogP) is 4.53. The van der Waals surface area contributed by atoms with Gasteiger partial charge in [0.05, 0.1) is 12.8 Å². The first kappa shape index (κ1) is 20.9. The van der Waals surface area contributed by atoms with Crippen LogP contribution < -0.4 is 10.6 Å². The van der Waals surface area contributed by atoms with Gasteiger partial charge in [-0.1, -0.05) is 28.1 Å². The third-order valence-corrected chi connectivity index (χ3v) is 5.67. The Morgan fingerprint density at radius 3 is 2.71 bits per heavy atom. The number of nitrogens with one attached hydrogen (secondary N) is 2. The highest BCUT2D eigenvalue weighted by Crippen LogP contribution is 2.48. The molecule has 0 amide bonds. The normalized spacial score (nSPS) is 15.4. The van der Waals surface area contributed by atoms with Crippen molar-refractivity contribution in [1.29, 1.82) is 0 Å². The van der Waals surface area contributed by atoms with Gasteiger partial charge in [0.25, 0.3) is 0 Å². The van der Waals surface area contributed by atoms with Gasteiger partial charge in [0, 0.05) is 37.2 Å². The zero-order chi connectivity index (χ0) is 19.7. The van der Waals surface area contributed by atoms with Crippen LogP contribution in [0.2, 0.25) is 0 Å². The molecule has 0 saturated heterocycles. The fourth-order valence-corrected chi connectivity index (χ4v) is 3.35. The zero-order valence-electron chi connectivity index (χ0n) is 16.5. The largest absolute Gasteiger partial charge is 0.469 e. The van der Waals surface area contributed by atoms with Crippen LogP contribution in [-0.2, 0) is 17.7 Å². The van der Waals surface area contributed by atoms with Crippen molar-refractivity contribution in [2.45, 2.75) is 39.2 Å². The molecule has 2 N–H and O–H groups in total. The summed E-state index contributed by atoms with van der Waals surface area (Å²) in [5.41, 5.74) is 1.56. The van der Waals surface area contributed by atoms with E-state index in [1.165, 1.54) is 18.4 Å². The van der Waals surface area contributed by atoms with E-state index in [9.17, 15) is 0 Å². The zero-order valence-corrected chi connectivity index (χ0v) is 18.1. The lowest BCUT2D eigenvalue weighted by Gasteiger charge is -2.19. The summed E-state index contributed by atoms with van der Waals surface area (Å²) in [7, 11) is 0. The number of halogens is 1. The van der Waals surface area contributed by atoms with Gasteiger partial charge in [0.2, 0.25) is 0 Å². The quantitative estimate of drug-likeness (QED) is 0.301. The first-order valence-corrected chi connectivity index (χ1v) is 10.9. The molecular weight excluding hydrogens is 418 g/mol. The van der Waals surface area contributed by atoms with Crippen LogP contribution in [0.4, 0.5) is 0 Å². The van der Waals surface area contributed by atoms with Gasteiger partial charge in [0.15, 0.2) is 5.96 Å². The lowest BCUT2D eigenvalue weighted by molar-refractivity contribution is 0.128. The van der Waals surface area contributed by atoms with E-state index in [1.54, 1.807) is 6.26 Å². The summed E-state index contributed by atoms with van der Waals surface area (Å²) < 4.78 is 12.0. The summed E-state index contributed by atoms with van der Waals surface area (Å²) in [6.45, 7) is 6.05. The molecule has 0 atom stereocenters. The molecule has 0 spiro atoms. The molecule has 5 nitrogen and oxygen atoms in total. The minimum atomic E-state index is 0.371. The molecule has 2 aromatic rings. The van der Waals surface area contributed by atoms with E-state index >= 15 is 0 Å². The Morgan fingerprint density at radius 1 is 1.21 bits per heavy atom. The number of nitrogens with zero attached hydrogens (tertiary/aromatic N) is 1. The van der Waals surface area contributed by atoms with Crippen LogP contribution in [0.3, 0.4) is 0 Å². The van der Waals surface area contributed by atoms with Crippen LogP contribution in [0, 0.1) is 5.41 Å². The number of hydrogen-bond donors (Lipinski definition) is 2. The number of hydrogen-bond acceptors (Lipinski definition) is 3. The average molecular weight is 448 g/mol. The molecule has 0 radical (unpaired) electrons. The molecule has 28 heavy (non-hydrogen) atoms. The Labute approximate surface area is 176 Å². The molecule has 1 aliphatic rings. The van der Waals surface area contributed by atoms with E-state index < -0.39 is 0 Å². The Balaban J connectivity index is 1.53. The second-order valence-corrected chi connectivity index (χ2v) is 8.26. The highest BCUT2D eigenvalue weighted by atomic mass is 79.9. The minimum Gasteiger partial charge on any atom is -0.469 e. The van der Waals surface area contributed by atoms with Gasteiger partial charge in [-0.3, -0.25) is 0 Å². The van der Waals surface area contributed by atoms with Crippen molar-refractivity contribution >= 4 is 21.9 Å². The number of ether oxygens (including phenoxy) is 1. The topological polar surface area (TPSA) is 58.8 Å². The van der Waals surface area contributed by atoms with Crippen molar-refractivity contribution in [1.82, 2.24) is 10.6 Å². The molecule has 1 aliphatic carbocycles. The standard InChI is InChI=1S/C22H30BrN3O2/c1-2-27-15-12-22(10-11-22)17-26-21(24-13-9-20-4-3-14-28-20)25-16-18-5-7-19(23)8-6-18/h3-8,14H,2,9-13,15-17H2,1H3,(H2,24,25,26). The SMILES string of the molecule is CCOCCC1(CNC(=NCc2ccc(Br)cc2)NCCc2ccco2)CC1. The molecule has 3 rings (SSSR count). The van der Waals surface area contributed by atoms with Gasteiger partial charge < -0.3 is 19.8 Å². The Morgan fingerprint density at radius 2 is 2.04 bits per heavy atom. The second-order valence-electron chi connectivity index (χ2n) is 7.35. The fraction of sp³-hybridized carbons (Fsp3) is 0.500. The molecule has 1 aromatic heterocycles. The van der Waals surface area contributed by atoms with Gasteiger partial charge in [-0.2, -0.15) is 0 Å². The molecule has 1 aromatic carbocycles. The maximum Gasteiger partial charge on any atom is 0.191 e. The van der Waals surface area contributed by atoms with Gasteiger partial charge in [0.1, 0.15) is 5.76 Å². The maximum atomic E-state index is 5.55. The fourth-order valence-electron chi connectivity index (χ4n) is 3.09. The number of guanidine groups is 1. The first-order valence-electron chi connectivity index (χ1n) is 10.1. The third kappa shape index (κ3) is 6.99. The van der Waals surface area contributed by atoms with Gasteiger partial charge >= 0.3 is 0 Å². The van der Waals surface area contributed by atoms with Crippen molar-refractivity contribution in [3.8, 4) is 0 Å². The van der Waals surface area contributed by atoms with E-state index in [-0.39, 0.29) is 0 Å². The van der Waals surface area contributed by atoms with Crippen molar-refractivity contribution in [2.24, 2.45) is 10.4 Å². The molecule has 0 unspecified atom stereocenters. The molecule has 1 heterocycles. The molecular formula is C22H30BrN3O2. The third-order valence-electron chi connectivity index (χ3n) is 5.15. The maximum absolute atomic E-state index is 5.55. The van der Waals surface area contributed by atoms with Crippen LogP contribution in [0.1, 0.15) is 37.5 Å². The van der Waals surface area contributed by atoms with Crippen LogP contribution >= 0.6 is 15.9 Å². The van der Waals surface area contributed by atoms with Crippen LogP contribution in [0.25, 0.3) is 0 Å². The number of aliphatic imine (C=N–C) groups is 1. The van der Waals surface area contributed by atoms with Crippen molar-refractivity contribution in [2.75, 3.05) is 26.3 Å². The summed E-state index contributed by atoms with van der Waals surface area (Å²) in [4.78, 5) is 4.79. The van der Waals surface area contributed by atoms with Crippen molar-refractivity contribution < 1.29 is 9.15 Å². The highest BCUT2D eigenvalue weighted by Gasteiger charge is 2.41. The lowest BCUT2D eigenvalue weighted by Crippen LogP contribution is -2.41. The van der Waals surface area contributed by atoms with Gasteiger partial charge in [-0.05, 0) is 61.4 Å². The lowest BCUT2D eigenvalue weighted by atomic mass is 10.0. The summed E-state index contributed by atoms with van der Waals surface area (Å²) in [6, 6.07) is 12.2. The number of rotatable bonds is 11. The second kappa shape index (κ2) is 10.7. The van der Waals surface area contributed by atoms with E-state index in [2.05, 4.69) is 50.8 Å². The van der Waals surface area contributed by atoms with Gasteiger partial charge in [-0.15, -0.1) is 0 Å². The summed E-state index contributed by atoms with van der Waals surface area (Å²) >= 11 is 3.48. The summed E-state index contributed by atoms with van der Waals surface area (Å²) in [6.07, 6.45) is 6.19.